The van der Waals surface area contributed by atoms with Crippen LogP contribution in [0.5, 0.6) is 5.75 Å². The molecule has 0 atom stereocenters. The molecule has 3 heteroatoms. The lowest BCUT2D eigenvalue weighted by atomic mass is 10.0. The minimum atomic E-state index is 0.112. The van der Waals surface area contributed by atoms with Gasteiger partial charge in [0.2, 0.25) is 0 Å². The van der Waals surface area contributed by atoms with Gasteiger partial charge in [-0.05, 0) is 24.6 Å². The summed E-state index contributed by atoms with van der Waals surface area (Å²) in [6.45, 7) is 1.71. The average molecular weight is 172 g/mol. The van der Waals surface area contributed by atoms with Gasteiger partial charge in [-0.2, -0.15) is 10.5 Å². The van der Waals surface area contributed by atoms with Crippen molar-refractivity contribution in [3.05, 3.63) is 28.8 Å². The highest BCUT2D eigenvalue weighted by Crippen LogP contribution is 2.23. The molecular formula is C10H8N2O. The van der Waals surface area contributed by atoms with Gasteiger partial charge in [0.1, 0.15) is 5.75 Å². The molecule has 0 fully saturated rings. The summed E-state index contributed by atoms with van der Waals surface area (Å²) in [5.41, 5.74) is 1.61. The predicted molar refractivity (Wildman–Crippen MR) is 46.9 cm³/mol. The Balaban J connectivity index is 3.28. The number of nitrogens with zero attached hydrogens (tertiary/aromatic N) is 2. The molecule has 0 heterocycles. The molecule has 64 valence electrons. The molecule has 1 N–H and O–H groups in total. The van der Waals surface area contributed by atoms with E-state index in [1.807, 2.05) is 12.1 Å². The highest BCUT2D eigenvalue weighted by molar-refractivity contribution is 5.47. The van der Waals surface area contributed by atoms with E-state index < -0.39 is 0 Å². The molecular weight excluding hydrogens is 164 g/mol. The van der Waals surface area contributed by atoms with Crippen LogP contribution in [-0.2, 0) is 6.42 Å². The van der Waals surface area contributed by atoms with Crippen LogP contribution in [0.15, 0.2) is 12.1 Å². The first-order valence-corrected chi connectivity index (χ1v) is 3.78. The van der Waals surface area contributed by atoms with Gasteiger partial charge in [-0.25, -0.2) is 0 Å². The molecule has 3 nitrogen and oxygen atoms in total. The summed E-state index contributed by atoms with van der Waals surface area (Å²) in [7, 11) is 0. The lowest BCUT2D eigenvalue weighted by Crippen LogP contribution is -1.88. The highest BCUT2D eigenvalue weighted by atomic mass is 16.3. The molecule has 1 rings (SSSR count). The normalized spacial score (nSPS) is 8.85. The summed E-state index contributed by atoms with van der Waals surface area (Å²) in [5, 5.41) is 26.6. The van der Waals surface area contributed by atoms with Gasteiger partial charge in [-0.15, -0.1) is 0 Å². The Hall–Kier alpha value is -2.00. The zero-order chi connectivity index (χ0) is 9.84. The van der Waals surface area contributed by atoms with Crippen LogP contribution < -0.4 is 0 Å². The maximum atomic E-state index is 9.49. The lowest BCUT2D eigenvalue weighted by molar-refractivity contribution is 0.465. The van der Waals surface area contributed by atoms with Gasteiger partial charge >= 0.3 is 0 Å². The molecule has 0 aromatic heterocycles. The molecule has 0 unspecified atom stereocenters. The number of benzene rings is 1. The summed E-state index contributed by atoms with van der Waals surface area (Å²) in [6, 6.07) is 7.03. The van der Waals surface area contributed by atoms with E-state index in [4.69, 9.17) is 10.5 Å². The fourth-order valence-corrected chi connectivity index (χ4v) is 1.14. The van der Waals surface area contributed by atoms with Crippen LogP contribution in [0, 0.1) is 29.6 Å². The summed E-state index contributed by atoms with van der Waals surface area (Å²) in [4.78, 5) is 0. The van der Waals surface area contributed by atoms with E-state index in [1.165, 1.54) is 6.07 Å². The van der Waals surface area contributed by atoms with Crippen molar-refractivity contribution in [2.75, 3.05) is 0 Å². The maximum absolute atomic E-state index is 9.49. The van der Waals surface area contributed by atoms with Crippen molar-refractivity contribution in [1.29, 1.82) is 10.5 Å². The van der Waals surface area contributed by atoms with Crippen molar-refractivity contribution >= 4 is 0 Å². The fourth-order valence-electron chi connectivity index (χ4n) is 1.14. The molecule has 0 saturated carbocycles. The molecule has 1 aromatic carbocycles. The molecule has 1 aromatic rings. The van der Waals surface area contributed by atoms with Crippen LogP contribution in [0.4, 0.5) is 0 Å². The first kappa shape index (κ1) is 9.09. The van der Waals surface area contributed by atoms with Crippen molar-refractivity contribution in [2.24, 2.45) is 0 Å². The van der Waals surface area contributed by atoms with Gasteiger partial charge in [0.15, 0.2) is 0 Å². The van der Waals surface area contributed by atoms with Gasteiger partial charge in [0.05, 0.1) is 24.1 Å². The smallest absolute Gasteiger partial charge is 0.122 e. The largest absolute Gasteiger partial charge is 0.507 e. The van der Waals surface area contributed by atoms with E-state index >= 15 is 0 Å². The van der Waals surface area contributed by atoms with Crippen LogP contribution in [0.1, 0.15) is 16.7 Å². The molecule has 13 heavy (non-hydrogen) atoms. The molecule has 0 radical (unpaired) electrons. The van der Waals surface area contributed by atoms with Crippen LogP contribution in [-0.4, -0.2) is 5.11 Å². The summed E-state index contributed by atoms with van der Waals surface area (Å²) < 4.78 is 0. The van der Waals surface area contributed by atoms with E-state index in [0.29, 0.717) is 16.7 Å². The van der Waals surface area contributed by atoms with E-state index in [9.17, 15) is 5.11 Å². The van der Waals surface area contributed by atoms with Crippen LogP contribution >= 0.6 is 0 Å². The third-order valence-corrected chi connectivity index (χ3v) is 1.78. The van der Waals surface area contributed by atoms with E-state index in [0.717, 1.165) is 0 Å². The number of nitriles is 2. The first-order chi connectivity index (χ1) is 6.19. The van der Waals surface area contributed by atoms with Gasteiger partial charge in [0.25, 0.3) is 0 Å². The SMILES string of the molecule is Cc1cc(C#N)cc(CC#N)c1O. The zero-order valence-electron chi connectivity index (χ0n) is 7.20. The van der Waals surface area contributed by atoms with Gasteiger partial charge in [-0.3, -0.25) is 0 Å². The van der Waals surface area contributed by atoms with Crippen molar-refractivity contribution in [2.45, 2.75) is 13.3 Å². The van der Waals surface area contributed by atoms with Crippen molar-refractivity contribution < 1.29 is 5.11 Å². The van der Waals surface area contributed by atoms with Crippen molar-refractivity contribution in [3.8, 4) is 17.9 Å². The number of rotatable bonds is 1. The van der Waals surface area contributed by atoms with E-state index in [2.05, 4.69) is 0 Å². The molecule has 0 aliphatic heterocycles. The topological polar surface area (TPSA) is 67.8 Å². The number of aryl methyl sites for hydroxylation is 1. The Kier molecular flexibility index (Phi) is 2.52. The molecule has 0 amide bonds. The van der Waals surface area contributed by atoms with Crippen LogP contribution in [0.25, 0.3) is 0 Å². The number of aromatic hydroxyl groups is 1. The Labute approximate surface area is 76.5 Å². The quantitative estimate of drug-likeness (QED) is 0.700. The minimum Gasteiger partial charge on any atom is -0.507 e. The molecule has 0 spiro atoms. The Bertz CT molecular complexity index is 410. The second-order valence-corrected chi connectivity index (χ2v) is 2.75. The van der Waals surface area contributed by atoms with E-state index in [1.54, 1.807) is 13.0 Å². The highest BCUT2D eigenvalue weighted by Gasteiger charge is 2.05. The van der Waals surface area contributed by atoms with E-state index in [-0.39, 0.29) is 12.2 Å². The number of hydrogen-bond donors (Lipinski definition) is 1. The fraction of sp³-hybridized carbons (Fsp3) is 0.200. The number of phenolic OH excluding ortho intramolecular Hbond substituents is 1. The number of hydrogen-bond acceptors (Lipinski definition) is 3. The van der Waals surface area contributed by atoms with Crippen LogP contribution in [0.3, 0.4) is 0 Å². The Morgan fingerprint density at radius 3 is 2.62 bits per heavy atom. The predicted octanol–water partition coefficient (Wildman–Crippen LogP) is 1.64. The zero-order valence-corrected chi connectivity index (χ0v) is 7.20. The summed E-state index contributed by atoms with van der Waals surface area (Å²) >= 11 is 0. The molecule has 0 aliphatic carbocycles. The van der Waals surface area contributed by atoms with Gasteiger partial charge < -0.3 is 5.11 Å². The molecule has 0 bridgehead atoms. The van der Waals surface area contributed by atoms with Crippen molar-refractivity contribution in [1.82, 2.24) is 0 Å². The first-order valence-electron chi connectivity index (χ1n) is 3.78. The summed E-state index contributed by atoms with van der Waals surface area (Å²) in [6.07, 6.45) is 0.127. The maximum Gasteiger partial charge on any atom is 0.122 e. The Morgan fingerprint density at radius 2 is 2.08 bits per heavy atom. The van der Waals surface area contributed by atoms with Gasteiger partial charge in [0, 0.05) is 5.56 Å². The second-order valence-electron chi connectivity index (χ2n) is 2.75. The monoisotopic (exact) mass is 172 g/mol. The lowest BCUT2D eigenvalue weighted by Gasteiger charge is -2.03. The van der Waals surface area contributed by atoms with Gasteiger partial charge in [-0.1, -0.05) is 0 Å². The third kappa shape index (κ3) is 1.77. The molecule has 0 aliphatic rings. The molecule has 0 saturated heterocycles. The number of phenols is 1. The van der Waals surface area contributed by atoms with Crippen molar-refractivity contribution in [3.63, 3.8) is 0 Å². The third-order valence-electron chi connectivity index (χ3n) is 1.78. The summed E-state index contributed by atoms with van der Waals surface area (Å²) in [5.74, 6) is 0.112. The van der Waals surface area contributed by atoms with Crippen LogP contribution in [0.2, 0.25) is 0 Å². The Morgan fingerprint density at radius 1 is 1.38 bits per heavy atom. The second kappa shape index (κ2) is 3.60. The minimum absolute atomic E-state index is 0.112. The average Bonchev–Trinajstić information content (AvgIpc) is 2.13. The standard InChI is InChI=1S/C10H8N2O/c1-7-4-8(6-12)5-9(2-3-11)10(7)13/h4-5,13H,2H2,1H3.